The Morgan fingerprint density at radius 2 is 1.88 bits per heavy atom. The molecule has 1 atom stereocenters. The van der Waals surface area contributed by atoms with Crippen LogP contribution in [0.25, 0.3) is 5.76 Å². The number of benzene rings is 2. The van der Waals surface area contributed by atoms with Crippen molar-refractivity contribution in [2.45, 2.75) is 12.6 Å². The number of halogens is 1. The molecule has 1 fully saturated rings. The molecule has 2 aromatic carbocycles. The highest BCUT2D eigenvalue weighted by Crippen LogP contribution is 2.40. The predicted octanol–water partition coefficient (Wildman–Crippen LogP) is 4.37. The van der Waals surface area contributed by atoms with Crippen LogP contribution in [0.15, 0.2) is 72.4 Å². The lowest BCUT2D eigenvalue weighted by molar-refractivity contribution is -0.140. The van der Waals surface area contributed by atoms with Crippen molar-refractivity contribution in [3.05, 3.63) is 94.3 Å². The number of pyridine rings is 1. The summed E-state index contributed by atoms with van der Waals surface area (Å²) in [6.45, 7) is 0.129. The molecular weight excluding hydrogens is 444 g/mol. The van der Waals surface area contributed by atoms with Crippen LogP contribution in [-0.2, 0) is 16.1 Å². The second-order valence-electron chi connectivity index (χ2n) is 7.38. The van der Waals surface area contributed by atoms with E-state index in [4.69, 9.17) is 21.1 Å². The second kappa shape index (κ2) is 9.34. The Bertz CT molecular complexity index is 1240. The summed E-state index contributed by atoms with van der Waals surface area (Å²) in [6, 6.07) is 16.2. The average Bonchev–Trinajstić information content (AvgIpc) is 3.09. The molecule has 33 heavy (non-hydrogen) atoms. The molecule has 168 valence electrons. The maximum absolute atomic E-state index is 13.1. The maximum Gasteiger partial charge on any atom is 0.296 e. The largest absolute Gasteiger partial charge is 0.507 e. The van der Waals surface area contributed by atoms with E-state index >= 15 is 0 Å². The van der Waals surface area contributed by atoms with Gasteiger partial charge < -0.3 is 19.5 Å². The molecule has 1 unspecified atom stereocenters. The number of ketones is 1. The Morgan fingerprint density at radius 3 is 2.58 bits per heavy atom. The summed E-state index contributed by atoms with van der Waals surface area (Å²) in [5.74, 6) is -0.879. The fourth-order valence-corrected chi connectivity index (χ4v) is 4.01. The molecule has 1 amide bonds. The van der Waals surface area contributed by atoms with Crippen LogP contribution in [0.4, 0.5) is 0 Å². The number of rotatable bonds is 6. The number of likely N-dealkylation sites (tertiary alicyclic amines) is 1. The minimum absolute atomic E-state index is 0.0500. The molecule has 1 saturated heterocycles. The first kappa shape index (κ1) is 22.4. The monoisotopic (exact) mass is 464 g/mol. The van der Waals surface area contributed by atoms with Gasteiger partial charge in [-0.05, 0) is 48.0 Å². The van der Waals surface area contributed by atoms with Gasteiger partial charge in [0.15, 0.2) is 0 Å². The number of hydrogen-bond acceptors (Lipinski definition) is 6. The fourth-order valence-electron chi connectivity index (χ4n) is 3.82. The highest BCUT2D eigenvalue weighted by atomic mass is 35.5. The second-order valence-corrected chi connectivity index (χ2v) is 7.79. The zero-order valence-electron chi connectivity index (χ0n) is 18.0. The quantitative estimate of drug-likeness (QED) is 0.331. The summed E-state index contributed by atoms with van der Waals surface area (Å²) in [5, 5.41) is 11.5. The van der Waals surface area contributed by atoms with Crippen LogP contribution >= 0.6 is 11.6 Å². The van der Waals surface area contributed by atoms with Gasteiger partial charge in [-0.1, -0.05) is 29.8 Å². The molecule has 1 aliphatic heterocycles. The van der Waals surface area contributed by atoms with Gasteiger partial charge >= 0.3 is 0 Å². The average molecular weight is 465 g/mol. The first-order valence-electron chi connectivity index (χ1n) is 10.1. The van der Waals surface area contributed by atoms with Crippen molar-refractivity contribution in [2.24, 2.45) is 0 Å². The smallest absolute Gasteiger partial charge is 0.296 e. The van der Waals surface area contributed by atoms with Crippen LogP contribution in [0.5, 0.6) is 11.5 Å². The molecule has 0 spiro atoms. The Balaban J connectivity index is 1.84. The number of hydrogen-bond donors (Lipinski definition) is 1. The molecule has 1 aliphatic rings. The topological polar surface area (TPSA) is 89.0 Å². The van der Waals surface area contributed by atoms with E-state index in [1.54, 1.807) is 61.8 Å². The number of amides is 1. The Labute approximate surface area is 195 Å². The summed E-state index contributed by atoms with van der Waals surface area (Å²) in [5.41, 5.74) is 1.48. The zero-order valence-corrected chi connectivity index (χ0v) is 18.7. The van der Waals surface area contributed by atoms with E-state index < -0.39 is 17.7 Å². The van der Waals surface area contributed by atoms with E-state index in [0.717, 1.165) is 5.56 Å². The number of ether oxygens (including phenoxy) is 2. The van der Waals surface area contributed by atoms with Crippen LogP contribution in [0, 0.1) is 0 Å². The van der Waals surface area contributed by atoms with Gasteiger partial charge in [0, 0.05) is 18.3 Å². The SMILES string of the molecule is COc1cccc(CN2C(=O)C(=O)/C(=C(\O)c3ccc(Cl)c(OC)c3)C2c2ccccn2)c1. The number of aromatic nitrogens is 1. The number of carbonyl (C=O) groups excluding carboxylic acids is 2. The van der Waals surface area contributed by atoms with Gasteiger partial charge in [0.1, 0.15) is 23.3 Å². The van der Waals surface area contributed by atoms with Gasteiger partial charge in [-0.3, -0.25) is 14.6 Å². The van der Waals surface area contributed by atoms with Gasteiger partial charge in [-0.2, -0.15) is 0 Å². The van der Waals surface area contributed by atoms with Gasteiger partial charge in [-0.25, -0.2) is 0 Å². The molecule has 3 aromatic rings. The van der Waals surface area contributed by atoms with Crippen molar-refractivity contribution in [2.75, 3.05) is 14.2 Å². The summed E-state index contributed by atoms with van der Waals surface area (Å²) in [6.07, 6.45) is 1.58. The number of aliphatic hydroxyl groups is 1. The van der Waals surface area contributed by atoms with E-state index in [0.29, 0.717) is 27.8 Å². The van der Waals surface area contributed by atoms with Gasteiger partial charge in [0.05, 0.1) is 30.5 Å². The number of Topliss-reactive ketones (excluding diaryl/α,β-unsaturated/α-hetero) is 1. The lowest BCUT2D eigenvalue weighted by Crippen LogP contribution is -2.29. The van der Waals surface area contributed by atoms with Crippen LogP contribution in [0.3, 0.4) is 0 Å². The molecule has 0 bridgehead atoms. The van der Waals surface area contributed by atoms with Crippen molar-refractivity contribution in [3.8, 4) is 11.5 Å². The maximum atomic E-state index is 13.1. The van der Waals surface area contributed by atoms with Crippen molar-refractivity contribution in [3.63, 3.8) is 0 Å². The summed E-state index contributed by atoms with van der Waals surface area (Å²) in [4.78, 5) is 32.0. The van der Waals surface area contributed by atoms with Crippen molar-refractivity contribution in [1.82, 2.24) is 9.88 Å². The summed E-state index contributed by atoms with van der Waals surface area (Å²) in [7, 11) is 3.01. The molecule has 2 heterocycles. The molecule has 8 heteroatoms. The normalized spacial score (nSPS) is 17.3. The van der Waals surface area contributed by atoms with Gasteiger partial charge in [0.25, 0.3) is 11.7 Å². The van der Waals surface area contributed by atoms with E-state index in [9.17, 15) is 14.7 Å². The van der Waals surface area contributed by atoms with E-state index in [1.807, 2.05) is 6.07 Å². The third kappa shape index (κ3) is 4.27. The predicted molar refractivity (Wildman–Crippen MR) is 123 cm³/mol. The number of methoxy groups -OCH3 is 2. The molecule has 0 radical (unpaired) electrons. The molecule has 4 rings (SSSR count). The Morgan fingerprint density at radius 1 is 1.06 bits per heavy atom. The lowest BCUT2D eigenvalue weighted by Gasteiger charge is -2.24. The molecule has 1 aromatic heterocycles. The molecule has 0 aliphatic carbocycles. The standard InChI is InChI=1S/C25H21ClN2O5/c1-32-17-7-5-6-15(12-17)14-28-22(19-8-3-4-11-27-19)21(24(30)25(28)31)23(29)16-9-10-18(26)20(13-16)33-2/h3-13,22,29H,14H2,1-2H3/b23-21-. The van der Waals surface area contributed by atoms with Crippen LogP contribution < -0.4 is 9.47 Å². The third-order valence-corrected chi connectivity index (χ3v) is 5.73. The zero-order chi connectivity index (χ0) is 23.5. The summed E-state index contributed by atoms with van der Waals surface area (Å²) < 4.78 is 10.5. The van der Waals surface area contributed by atoms with Crippen LogP contribution in [-0.4, -0.2) is 40.9 Å². The third-order valence-electron chi connectivity index (χ3n) is 5.42. The Hall–Kier alpha value is -3.84. The fraction of sp³-hybridized carbons (Fsp3) is 0.160. The van der Waals surface area contributed by atoms with Crippen molar-refractivity contribution < 1.29 is 24.2 Å². The van der Waals surface area contributed by atoms with Crippen molar-refractivity contribution >= 4 is 29.1 Å². The molecule has 1 N–H and O–H groups in total. The van der Waals surface area contributed by atoms with Crippen LogP contribution in [0.1, 0.15) is 22.9 Å². The lowest BCUT2D eigenvalue weighted by atomic mass is 9.98. The number of nitrogens with zero attached hydrogens (tertiary/aromatic N) is 2. The van der Waals surface area contributed by atoms with Gasteiger partial charge in [-0.15, -0.1) is 0 Å². The molecular formula is C25H21ClN2O5. The van der Waals surface area contributed by atoms with Crippen molar-refractivity contribution in [1.29, 1.82) is 0 Å². The van der Waals surface area contributed by atoms with Crippen LogP contribution in [0.2, 0.25) is 5.02 Å². The first-order chi connectivity index (χ1) is 15.9. The highest BCUT2D eigenvalue weighted by molar-refractivity contribution is 6.46. The van der Waals surface area contributed by atoms with E-state index in [-0.39, 0.29) is 17.9 Å². The minimum atomic E-state index is -0.876. The number of carbonyl (C=O) groups is 2. The minimum Gasteiger partial charge on any atom is -0.507 e. The van der Waals surface area contributed by atoms with E-state index in [2.05, 4.69) is 4.98 Å². The van der Waals surface area contributed by atoms with E-state index in [1.165, 1.54) is 18.1 Å². The van der Waals surface area contributed by atoms with Gasteiger partial charge in [0.2, 0.25) is 0 Å². The summed E-state index contributed by atoms with van der Waals surface area (Å²) >= 11 is 6.10. The molecule has 7 nitrogen and oxygen atoms in total. The first-order valence-corrected chi connectivity index (χ1v) is 10.5. The molecule has 0 saturated carbocycles. The highest BCUT2D eigenvalue weighted by Gasteiger charge is 2.46. The Kier molecular flexibility index (Phi) is 6.33. The number of aliphatic hydroxyl groups excluding tert-OH is 1.